The second kappa shape index (κ2) is 4.93. The zero-order valence-corrected chi connectivity index (χ0v) is 9.74. The maximum atomic E-state index is 5.71. The molecule has 0 saturated carbocycles. The van der Waals surface area contributed by atoms with Crippen LogP contribution in [-0.4, -0.2) is 42.1 Å². The van der Waals surface area contributed by atoms with Gasteiger partial charge in [0, 0.05) is 6.54 Å². The zero-order chi connectivity index (χ0) is 11.4. The molecule has 5 nitrogen and oxygen atoms in total. The predicted molar refractivity (Wildman–Crippen MR) is 60.0 cm³/mol. The number of anilines is 1. The van der Waals surface area contributed by atoms with Crippen molar-refractivity contribution in [2.75, 3.05) is 33.0 Å². The van der Waals surface area contributed by atoms with Crippen LogP contribution in [0.3, 0.4) is 0 Å². The van der Waals surface area contributed by atoms with Gasteiger partial charge in [-0.2, -0.15) is 4.98 Å². The summed E-state index contributed by atoms with van der Waals surface area (Å²) in [6, 6.07) is 0. The van der Waals surface area contributed by atoms with Gasteiger partial charge in [-0.3, -0.25) is 0 Å². The molecule has 0 unspecified atom stereocenters. The quantitative estimate of drug-likeness (QED) is 0.789. The van der Waals surface area contributed by atoms with Crippen LogP contribution in [0.5, 0.6) is 5.88 Å². The fourth-order valence-corrected chi connectivity index (χ4v) is 1.09. The molecule has 0 saturated heterocycles. The molecule has 0 aliphatic carbocycles. The largest absolute Gasteiger partial charge is 0.476 e. The van der Waals surface area contributed by atoms with Crippen LogP contribution in [-0.2, 0) is 0 Å². The number of hydrogen-bond donors (Lipinski definition) is 1. The highest BCUT2D eigenvalue weighted by molar-refractivity contribution is 5.44. The van der Waals surface area contributed by atoms with Crippen molar-refractivity contribution in [3.8, 4) is 5.88 Å². The molecular formula is C10H18N4O. The summed E-state index contributed by atoms with van der Waals surface area (Å²) in [6.07, 6.45) is 0. The standard InChI is InChI=1S/C10H18N4O/c1-7-9(11)12-8(2)13-10(7)15-6-5-14(3)4/h5-6H2,1-4H3,(H2,11,12,13). The lowest BCUT2D eigenvalue weighted by molar-refractivity contribution is 0.252. The summed E-state index contributed by atoms with van der Waals surface area (Å²) in [6.45, 7) is 5.11. The molecule has 0 aliphatic heterocycles. The van der Waals surface area contributed by atoms with E-state index in [0.29, 0.717) is 24.1 Å². The summed E-state index contributed by atoms with van der Waals surface area (Å²) in [7, 11) is 3.99. The average Bonchev–Trinajstić information content (AvgIpc) is 2.12. The SMILES string of the molecule is Cc1nc(N)c(C)c(OCCN(C)C)n1. The second-order valence-electron chi connectivity index (χ2n) is 3.74. The Kier molecular flexibility index (Phi) is 3.85. The minimum atomic E-state index is 0.488. The third-order valence-corrected chi connectivity index (χ3v) is 2.03. The van der Waals surface area contributed by atoms with Gasteiger partial charge in [-0.1, -0.05) is 0 Å². The van der Waals surface area contributed by atoms with Crippen LogP contribution in [0, 0.1) is 13.8 Å². The van der Waals surface area contributed by atoms with E-state index in [9.17, 15) is 0 Å². The van der Waals surface area contributed by atoms with Gasteiger partial charge in [0.25, 0.3) is 0 Å². The maximum absolute atomic E-state index is 5.71. The van der Waals surface area contributed by atoms with Crippen molar-refractivity contribution in [2.24, 2.45) is 0 Å². The van der Waals surface area contributed by atoms with Crippen molar-refractivity contribution in [3.05, 3.63) is 11.4 Å². The Morgan fingerprint density at radius 3 is 2.53 bits per heavy atom. The summed E-state index contributed by atoms with van der Waals surface area (Å²) < 4.78 is 5.54. The number of rotatable bonds is 4. The zero-order valence-electron chi connectivity index (χ0n) is 9.74. The van der Waals surface area contributed by atoms with E-state index in [2.05, 4.69) is 9.97 Å². The number of aromatic nitrogens is 2. The molecule has 0 aromatic carbocycles. The van der Waals surface area contributed by atoms with Gasteiger partial charge in [0.1, 0.15) is 18.2 Å². The molecule has 1 aromatic rings. The maximum Gasteiger partial charge on any atom is 0.221 e. The Morgan fingerprint density at radius 1 is 1.27 bits per heavy atom. The van der Waals surface area contributed by atoms with Gasteiger partial charge in [-0.25, -0.2) is 4.98 Å². The number of likely N-dealkylation sites (N-methyl/N-ethyl adjacent to an activating group) is 1. The van der Waals surface area contributed by atoms with Gasteiger partial charge in [-0.05, 0) is 27.9 Å². The molecule has 0 bridgehead atoms. The Morgan fingerprint density at radius 2 is 1.93 bits per heavy atom. The molecule has 0 spiro atoms. The van der Waals surface area contributed by atoms with E-state index in [1.807, 2.05) is 25.9 Å². The number of nitrogen functional groups attached to an aromatic ring is 1. The topological polar surface area (TPSA) is 64.3 Å². The van der Waals surface area contributed by atoms with E-state index in [0.717, 1.165) is 12.1 Å². The molecule has 2 N–H and O–H groups in total. The van der Waals surface area contributed by atoms with Crippen LogP contribution in [0.15, 0.2) is 0 Å². The molecule has 1 aromatic heterocycles. The number of aryl methyl sites for hydroxylation is 1. The smallest absolute Gasteiger partial charge is 0.221 e. The fourth-order valence-electron chi connectivity index (χ4n) is 1.09. The van der Waals surface area contributed by atoms with Gasteiger partial charge < -0.3 is 15.4 Å². The molecule has 0 fully saturated rings. The lowest BCUT2D eigenvalue weighted by atomic mass is 10.3. The van der Waals surface area contributed by atoms with Gasteiger partial charge >= 0.3 is 0 Å². The Labute approximate surface area is 90.3 Å². The van der Waals surface area contributed by atoms with E-state index in [-0.39, 0.29) is 0 Å². The number of hydrogen-bond acceptors (Lipinski definition) is 5. The van der Waals surface area contributed by atoms with Crippen molar-refractivity contribution in [1.82, 2.24) is 14.9 Å². The minimum Gasteiger partial charge on any atom is -0.476 e. The molecule has 15 heavy (non-hydrogen) atoms. The fraction of sp³-hybridized carbons (Fsp3) is 0.600. The Bertz CT molecular complexity index is 338. The third-order valence-electron chi connectivity index (χ3n) is 2.03. The lowest BCUT2D eigenvalue weighted by Crippen LogP contribution is -2.20. The van der Waals surface area contributed by atoms with Crippen LogP contribution in [0.1, 0.15) is 11.4 Å². The van der Waals surface area contributed by atoms with E-state index in [1.165, 1.54) is 0 Å². The van der Waals surface area contributed by atoms with E-state index >= 15 is 0 Å². The van der Waals surface area contributed by atoms with E-state index in [1.54, 1.807) is 6.92 Å². The Hall–Kier alpha value is -1.36. The molecule has 1 heterocycles. The molecule has 1 rings (SSSR count). The predicted octanol–water partition coefficient (Wildman–Crippen LogP) is 0.616. The monoisotopic (exact) mass is 210 g/mol. The van der Waals surface area contributed by atoms with Gasteiger partial charge in [-0.15, -0.1) is 0 Å². The van der Waals surface area contributed by atoms with Crippen molar-refractivity contribution < 1.29 is 4.74 Å². The van der Waals surface area contributed by atoms with Crippen LogP contribution in [0.25, 0.3) is 0 Å². The molecular weight excluding hydrogens is 192 g/mol. The van der Waals surface area contributed by atoms with Gasteiger partial charge in [0.05, 0.1) is 5.56 Å². The Balaban J connectivity index is 2.68. The van der Waals surface area contributed by atoms with Gasteiger partial charge in [0.2, 0.25) is 5.88 Å². The van der Waals surface area contributed by atoms with Crippen molar-refractivity contribution in [2.45, 2.75) is 13.8 Å². The van der Waals surface area contributed by atoms with Crippen LogP contribution in [0.4, 0.5) is 5.82 Å². The molecule has 0 atom stereocenters. The average molecular weight is 210 g/mol. The normalized spacial score (nSPS) is 10.7. The molecule has 0 aliphatic rings. The first kappa shape index (κ1) is 11.7. The first-order valence-electron chi connectivity index (χ1n) is 4.89. The number of nitrogens with two attached hydrogens (primary N) is 1. The van der Waals surface area contributed by atoms with E-state index < -0.39 is 0 Å². The highest BCUT2D eigenvalue weighted by Crippen LogP contribution is 2.18. The summed E-state index contributed by atoms with van der Waals surface area (Å²) in [4.78, 5) is 10.3. The third kappa shape index (κ3) is 3.36. The molecule has 0 amide bonds. The molecule has 84 valence electrons. The van der Waals surface area contributed by atoms with Crippen LogP contribution in [0.2, 0.25) is 0 Å². The highest BCUT2D eigenvalue weighted by atomic mass is 16.5. The second-order valence-corrected chi connectivity index (χ2v) is 3.74. The van der Waals surface area contributed by atoms with Crippen molar-refractivity contribution in [1.29, 1.82) is 0 Å². The van der Waals surface area contributed by atoms with E-state index in [4.69, 9.17) is 10.5 Å². The summed E-state index contributed by atoms with van der Waals surface area (Å²) in [5.41, 5.74) is 6.52. The number of nitrogens with zero attached hydrogens (tertiary/aromatic N) is 3. The van der Waals surface area contributed by atoms with Crippen LogP contribution >= 0.6 is 0 Å². The highest BCUT2D eigenvalue weighted by Gasteiger charge is 2.07. The number of ether oxygens (including phenoxy) is 1. The first-order valence-corrected chi connectivity index (χ1v) is 4.89. The molecule has 0 radical (unpaired) electrons. The van der Waals surface area contributed by atoms with Crippen LogP contribution < -0.4 is 10.5 Å². The summed E-state index contributed by atoms with van der Waals surface area (Å²) in [5.74, 6) is 1.71. The lowest BCUT2D eigenvalue weighted by Gasteiger charge is -2.12. The van der Waals surface area contributed by atoms with Crippen molar-refractivity contribution in [3.63, 3.8) is 0 Å². The van der Waals surface area contributed by atoms with Crippen molar-refractivity contribution >= 4 is 5.82 Å². The van der Waals surface area contributed by atoms with Gasteiger partial charge in [0.15, 0.2) is 0 Å². The molecule has 5 heteroatoms. The minimum absolute atomic E-state index is 0.488. The summed E-state index contributed by atoms with van der Waals surface area (Å²) in [5, 5.41) is 0. The summed E-state index contributed by atoms with van der Waals surface area (Å²) >= 11 is 0. The first-order chi connectivity index (χ1) is 7.00.